The van der Waals surface area contributed by atoms with Crippen molar-refractivity contribution in [2.24, 2.45) is 0 Å². The van der Waals surface area contributed by atoms with Gasteiger partial charge in [0.25, 0.3) is 0 Å². The van der Waals surface area contributed by atoms with E-state index in [4.69, 9.17) is 4.74 Å². The third-order valence-corrected chi connectivity index (χ3v) is 4.19. The molecule has 0 spiro atoms. The maximum absolute atomic E-state index is 13.5. The summed E-state index contributed by atoms with van der Waals surface area (Å²) < 4.78 is 20.1. The molecule has 5 heteroatoms. The van der Waals surface area contributed by atoms with Gasteiger partial charge in [0.2, 0.25) is 0 Å². The summed E-state index contributed by atoms with van der Waals surface area (Å²) >= 11 is 6.63. The van der Waals surface area contributed by atoms with Gasteiger partial charge >= 0.3 is 0 Å². The van der Waals surface area contributed by atoms with Crippen LogP contribution in [0.5, 0.6) is 5.75 Å². The number of ether oxygens (including phenoxy) is 1. The van der Waals surface area contributed by atoms with Crippen LogP contribution in [-0.2, 0) is 6.54 Å². The highest BCUT2D eigenvalue weighted by Crippen LogP contribution is 2.27. The summed E-state index contributed by atoms with van der Waals surface area (Å²) in [5, 5.41) is 3.24. The van der Waals surface area contributed by atoms with Crippen LogP contribution in [0.2, 0.25) is 0 Å². The minimum atomic E-state index is -0.269. The minimum absolute atomic E-state index is 0.269. The second-order valence-corrected chi connectivity index (χ2v) is 6.11. The van der Waals surface area contributed by atoms with Crippen LogP contribution in [0.1, 0.15) is 11.1 Å². The molecule has 0 unspecified atom stereocenters. The van der Waals surface area contributed by atoms with Crippen molar-refractivity contribution in [1.29, 1.82) is 0 Å². The second kappa shape index (κ2) is 6.59. The van der Waals surface area contributed by atoms with Gasteiger partial charge in [-0.1, -0.05) is 6.07 Å². The van der Waals surface area contributed by atoms with Crippen molar-refractivity contribution < 1.29 is 9.13 Å². The maximum Gasteiger partial charge on any atom is 0.139 e. The topological polar surface area (TPSA) is 21.3 Å². The zero-order chi connectivity index (χ0) is 14.7. The van der Waals surface area contributed by atoms with Crippen LogP contribution in [0.25, 0.3) is 0 Å². The number of benzene rings is 2. The van der Waals surface area contributed by atoms with Crippen molar-refractivity contribution in [3.63, 3.8) is 0 Å². The van der Waals surface area contributed by atoms with E-state index in [1.165, 1.54) is 6.07 Å². The standard InChI is InChI=1S/C15H14Br2FNO/c1-9-5-11(16)13(18)7-14(9)19-8-10-3-4-15(20-2)12(17)6-10/h3-7,19H,8H2,1-2H3. The summed E-state index contributed by atoms with van der Waals surface area (Å²) in [6.07, 6.45) is 0. The zero-order valence-electron chi connectivity index (χ0n) is 11.1. The highest BCUT2D eigenvalue weighted by atomic mass is 79.9. The number of aryl methyl sites for hydroxylation is 1. The molecule has 0 heterocycles. The molecule has 2 nitrogen and oxygen atoms in total. The highest BCUT2D eigenvalue weighted by Gasteiger charge is 2.06. The van der Waals surface area contributed by atoms with E-state index in [0.29, 0.717) is 11.0 Å². The zero-order valence-corrected chi connectivity index (χ0v) is 14.3. The Hall–Kier alpha value is -1.07. The van der Waals surface area contributed by atoms with Crippen molar-refractivity contribution in [2.45, 2.75) is 13.5 Å². The summed E-state index contributed by atoms with van der Waals surface area (Å²) in [7, 11) is 1.63. The molecule has 1 N–H and O–H groups in total. The van der Waals surface area contributed by atoms with Gasteiger partial charge in [0.15, 0.2) is 0 Å². The maximum atomic E-state index is 13.5. The van der Waals surface area contributed by atoms with Gasteiger partial charge < -0.3 is 10.1 Å². The number of hydrogen-bond acceptors (Lipinski definition) is 2. The van der Waals surface area contributed by atoms with E-state index in [9.17, 15) is 4.39 Å². The minimum Gasteiger partial charge on any atom is -0.496 e. The quantitative estimate of drug-likeness (QED) is 0.751. The lowest BCUT2D eigenvalue weighted by atomic mass is 10.1. The normalized spacial score (nSPS) is 10.4. The van der Waals surface area contributed by atoms with Crippen LogP contribution in [0.4, 0.5) is 10.1 Å². The Balaban J connectivity index is 2.13. The smallest absolute Gasteiger partial charge is 0.139 e. The van der Waals surface area contributed by atoms with E-state index in [1.807, 2.05) is 25.1 Å². The lowest BCUT2D eigenvalue weighted by molar-refractivity contribution is 0.412. The lowest BCUT2D eigenvalue weighted by Crippen LogP contribution is -2.02. The molecule has 0 saturated carbocycles. The van der Waals surface area contributed by atoms with Crippen LogP contribution in [0.3, 0.4) is 0 Å². The molecule has 20 heavy (non-hydrogen) atoms. The van der Waals surface area contributed by atoms with Gasteiger partial charge in [-0.15, -0.1) is 0 Å². The Kier molecular flexibility index (Phi) is 5.05. The Morgan fingerprint density at radius 1 is 1.15 bits per heavy atom. The SMILES string of the molecule is COc1ccc(CNc2cc(F)c(Br)cc2C)cc1Br. The molecule has 0 aromatic heterocycles. The summed E-state index contributed by atoms with van der Waals surface area (Å²) in [5.74, 6) is 0.522. The molecule has 0 amide bonds. The third-order valence-electron chi connectivity index (χ3n) is 2.97. The number of hydrogen-bond donors (Lipinski definition) is 1. The first kappa shape index (κ1) is 15.3. The van der Waals surface area contributed by atoms with Crippen molar-refractivity contribution in [2.75, 3.05) is 12.4 Å². The fourth-order valence-electron chi connectivity index (χ4n) is 1.85. The highest BCUT2D eigenvalue weighted by molar-refractivity contribution is 9.10. The molecule has 2 rings (SSSR count). The van der Waals surface area contributed by atoms with Gasteiger partial charge in [-0.3, -0.25) is 0 Å². The Bertz CT molecular complexity index is 632. The van der Waals surface area contributed by atoms with E-state index in [0.717, 1.165) is 27.0 Å². The van der Waals surface area contributed by atoms with E-state index in [2.05, 4.69) is 37.2 Å². The van der Waals surface area contributed by atoms with Crippen molar-refractivity contribution in [1.82, 2.24) is 0 Å². The number of nitrogens with one attached hydrogen (secondary N) is 1. The molecule has 2 aromatic carbocycles. The molecule has 0 radical (unpaired) electrons. The molecule has 106 valence electrons. The fraction of sp³-hybridized carbons (Fsp3) is 0.200. The first-order chi connectivity index (χ1) is 9.51. The third kappa shape index (κ3) is 3.52. The van der Waals surface area contributed by atoms with Gasteiger partial charge in [-0.2, -0.15) is 0 Å². The largest absolute Gasteiger partial charge is 0.496 e. The average Bonchev–Trinajstić information content (AvgIpc) is 2.41. The van der Waals surface area contributed by atoms with Gasteiger partial charge in [0.05, 0.1) is 16.1 Å². The molecule has 0 fully saturated rings. The number of rotatable bonds is 4. The van der Waals surface area contributed by atoms with E-state index >= 15 is 0 Å². The molecule has 0 atom stereocenters. The number of methoxy groups -OCH3 is 1. The van der Waals surface area contributed by atoms with Gasteiger partial charge in [-0.25, -0.2) is 4.39 Å². The summed E-state index contributed by atoms with van der Waals surface area (Å²) in [4.78, 5) is 0. The Labute approximate surface area is 134 Å². The lowest BCUT2D eigenvalue weighted by Gasteiger charge is -2.12. The van der Waals surface area contributed by atoms with Crippen LogP contribution < -0.4 is 10.1 Å². The Morgan fingerprint density at radius 3 is 2.55 bits per heavy atom. The molecular weight excluding hydrogens is 389 g/mol. The Morgan fingerprint density at radius 2 is 1.90 bits per heavy atom. The van der Waals surface area contributed by atoms with Gasteiger partial charge in [0.1, 0.15) is 11.6 Å². The van der Waals surface area contributed by atoms with E-state index in [1.54, 1.807) is 13.2 Å². The van der Waals surface area contributed by atoms with Crippen LogP contribution in [-0.4, -0.2) is 7.11 Å². The molecular formula is C15H14Br2FNO. The predicted molar refractivity (Wildman–Crippen MR) is 86.9 cm³/mol. The van der Waals surface area contributed by atoms with Gasteiger partial charge in [-0.05, 0) is 74.2 Å². The first-order valence-corrected chi connectivity index (χ1v) is 7.62. The molecule has 0 aliphatic rings. The molecule has 0 aliphatic heterocycles. The number of anilines is 1. The molecule has 0 saturated heterocycles. The summed E-state index contributed by atoms with van der Waals surface area (Å²) in [6.45, 7) is 2.56. The molecule has 2 aromatic rings. The van der Waals surface area contributed by atoms with Crippen LogP contribution >= 0.6 is 31.9 Å². The second-order valence-electron chi connectivity index (χ2n) is 4.40. The number of halogens is 3. The van der Waals surface area contributed by atoms with Crippen molar-refractivity contribution >= 4 is 37.5 Å². The molecule has 0 aliphatic carbocycles. The average molecular weight is 403 g/mol. The van der Waals surface area contributed by atoms with Gasteiger partial charge in [0, 0.05) is 12.2 Å². The monoisotopic (exact) mass is 401 g/mol. The first-order valence-electron chi connectivity index (χ1n) is 6.03. The van der Waals surface area contributed by atoms with E-state index < -0.39 is 0 Å². The van der Waals surface area contributed by atoms with Crippen molar-refractivity contribution in [3.8, 4) is 5.75 Å². The summed E-state index contributed by atoms with van der Waals surface area (Å²) in [5.41, 5.74) is 2.86. The van der Waals surface area contributed by atoms with Crippen LogP contribution in [0, 0.1) is 12.7 Å². The van der Waals surface area contributed by atoms with E-state index in [-0.39, 0.29) is 5.82 Å². The molecule has 0 bridgehead atoms. The van der Waals surface area contributed by atoms with Crippen molar-refractivity contribution in [3.05, 3.63) is 56.2 Å². The van der Waals surface area contributed by atoms with Crippen LogP contribution in [0.15, 0.2) is 39.3 Å². The predicted octanol–water partition coefficient (Wildman–Crippen LogP) is 5.28. The summed E-state index contributed by atoms with van der Waals surface area (Å²) in [6, 6.07) is 9.12. The fourth-order valence-corrected chi connectivity index (χ4v) is 2.90.